The van der Waals surface area contributed by atoms with Gasteiger partial charge in [0.1, 0.15) is 18.7 Å². The highest BCUT2D eigenvalue weighted by Crippen LogP contribution is 2.08. The Hall–Kier alpha value is -4.87. The molecule has 0 bridgehead atoms. The number of benzene rings is 2. The minimum Gasteiger partial charge on any atom is -0.445 e. The van der Waals surface area contributed by atoms with Crippen LogP contribution in [0.5, 0.6) is 0 Å². The summed E-state index contributed by atoms with van der Waals surface area (Å²) in [6.07, 6.45) is 3.31. The van der Waals surface area contributed by atoms with E-state index in [0.29, 0.717) is 12.8 Å². The molecule has 0 spiro atoms. The number of nitrogens with two attached hydrogens (primary N) is 2. The first-order valence-corrected chi connectivity index (χ1v) is 14.7. The molecule has 0 aliphatic rings. The number of carbonyl (C=O) groups excluding carboxylic acids is 4. The Balaban J connectivity index is 1.98. The van der Waals surface area contributed by atoms with Gasteiger partial charge < -0.3 is 37.5 Å². The van der Waals surface area contributed by atoms with Gasteiger partial charge in [0.25, 0.3) is 0 Å². The SMILES string of the molecule is CC(C)C[C@H](NC(=O)[C@H](CCCN=C(N)N)NC(=O)OCc1ccccc1)C(=O)N[C@@H](C)CNC(=O)/C=C/c1ccccc1. The van der Waals surface area contributed by atoms with Gasteiger partial charge in [-0.15, -0.1) is 0 Å². The van der Waals surface area contributed by atoms with Gasteiger partial charge in [0, 0.05) is 25.2 Å². The zero-order chi connectivity index (χ0) is 32.3. The molecule has 12 nitrogen and oxygen atoms in total. The summed E-state index contributed by atoms with van der Waals surface area (Å²) in [5.41, 5.74) is 12.5. The number of nitrogens with zero attached hydrogens (tertiary/aromatic N) is 1. The largest absolute Gasteiger partial charge is 0.445 e. The predicted octanol–water partition coefficient (Wildman–Crippen LogP) is 2.20. The van der Waals surface area contributed by atoms with E-state index in [-0.39, 0.29) is 43.9 Å². The molecule has 0 saturated heterocycles. The number of rotatable bonds is 17. The second-order valence-electron chi connectivity index (χ2n) is 10.8. The lowest BCUT2D eigenvalue weighted by molar-refractivity contribution is -0.130. The Labute approximate surface area is 259 Å². The minimum atomic E-state index is -0.997. The van der Waals surface area contributed by atoms with Crippen LogP contribution in [0.1, 0.15) is 51.2 Å². The number of nitrogens with one attached hydrogen (secondary N) is 4. The molecule has 0 unspecified atom stereocenters. The Bertz CT molecular complexity index is 1250. The Morgan fingerprint density at radius 2 is 1.50 bits per heavy atom. The van der Waals surface area contributed by atoms with Gasteiger partial charge in [-0.3, -0.25) is 19.4 Å². The number of guanidine groups is 1. The van der Waals surface area contributed by atoms with E-state index in [1.54, 1.807) is 13.0 Å². The number of hydrogen-bond donors (Lipinski definition) is 6. The maximum absolute atomic E-state index is 13.4. The van der Waals surface area contributed by atoms with Gasteiger partial charge in [-0.05, 0) is 49.3 Å². The molecule has 0 aliphatic heterocycles. The number of carbonyl (C=O) groups is 4. The van der Waals surface area contributed by atoms with Gasteiger partial charge in [0.2, 0.25) is 17.7 Å². The number of aliphatic imine (C=N–C) groups is 1. The zero-order valence-corrected chi connectivity index (χ0v) is 25.6. The van der Waals surface area contributed by atoms with Gasteiger partial charge in [0.15, 0.2) is 5.96 Å². The summed E-state index contributed by atoms with van der Waals surface area (Å²) in [5.74, 6) is -1.24. The molecule has 0 radical (unpaired) electrons. The first kappa shape index (κ1) is 35.3. The number of ether oxygens (including phenoxy) is 1. The quantitative estimate of drug-likeness (QED) is 0.0687. The van der Waals surface area contributed by atoms with E-state index in [4.69, 9.17) is 16.2 Å². The predicted molar refractivity (Wildman–Crippen MR) is 171 cm³/mol. The third kappa shape index (κ3) is 14.9. The second kappa shape index (κ2) is 19.3. The molecule has 3 atom stereocenters. The van der Waals surface area contributed by atoms with E-state index in [1.165, 1.54) is 6.08 Å². The van der Waals surface area contributed by atoms with Gasteiger partial charge in [-0.1, -0.05) is 74.5 Å². The lowest BCUT2D eigenvalue weighted by atomic mass is 10.0. The maximum atomic E-state index is 13.4. The summed E-state index contributed by atoms with van der Waals surface area (Å²) in [6, 6.07) is 16.3. The van der Waals surface area contributed by atoms with Crippen LogP contribution in [0, 0.1) is 5.92 Å². The first-order valence-electron chi connectivity index (χ1n) is 14.7. The maximum Gasteiger partial charge on any atom is 0.408 e. The van der Waals surface area contributed by atoms with Crippen molar-refractivity contribution in [2.75, 3.05) is 13.1 Å². The fourth-order valence-electron chi connectivity index (χ4n) is 4.10. The molecular weight excluding hydrogens is 562 g/mol. The fourth-order valence-corrected chi connectivity index (χ4v) is 4.10. The molecule has 0 aromatic heterocycles. The lowest BCUT2D eigenvalue weighted by Crippen LogP contribution is -2.55. The van der Waals surface area contributed by atoms with Crippen molar-refractivity contribution in [2.24, 2.45) is 22.4 Å². The van der Waals surface area contributed by atoms with Crippen molar-refractivity contribution < 1.29 is 23.9 Å². The first-order chi connectivity index (χ1) is 21.0. The molecule has 0 fully saturated rings. The fraction of sp³-hybridized carbons (Fsp3) is 0.406. The van der Waals surface area contributed by atoms with Crippen LogP contribution >= 0.6 is 0 Å². The average Bonchev–Trinajstić information content (AvgIpc) is 2.99. The normalized spacial score (nSPS) is 12.9. The smallest absolute Gasteiger partial charge is 0.408 e. The standard InChI is InChI=1S/C32H45N7O5/c1-22(2)19-27(30(42)37-23(3)20-36-28(40)17-16-24-11-6-4-7-12-24)38-29(41)26(15-10-18-35-31(33)34)39-32(43)44-21-25-13-8-5-9-14-25/h4-9,11-14,16-17,22-23,26-27H,10,15,18-21H2,1-3H3,(H,36,40)(H,37,42)(H,38,41)(H,39,43)(H4,33,34,35)/b17-16+/t23-,26-,27-/m0/s1. The Morgan fingerprint density at radius 3 is 2.14 bits per heavy atom. The van der Waals surface area contributed by atoms with Crippen LogP contribution in [0.3, 0.4) is 0 Å². The van der Waals surface area contributed by atoms with E-state index in [2.05, 4.69) is 26.3 Å². The van der Waals surface area contributed by atoms with E-state index >= 15 is 0 Å². The van der Waals surface area contributed by atoms with Crippen molar-refractivity contribution in [3.8, 4) is 0 Å². The van der Waals surface area contributed by atoms with Crippen molar-refractivity contribution in [1.29, 1.82) is 0 Å². The molecule has 2 aromatic carbocycles. The van der Waals surface area contributed by atoms with E-state index in [1.807, 2.05) is 74.5 Å². The second-order valence-corrected chi connectivity index (χ2v) is 10.8. The van der Waals surface area contributed by atoms with Crippen molar-refractivity contribution >= 4 is 35.9 Å². The van der Waals surface area contributed by atoms with Crippen LogP contribution in [0.25, 0.3) is 6.08 Å². The Morgan fingerprint density at radius 1 is 0.864 bits per heavy atom. The lowest BCUT2D eigenvalue weighted by Gasteiger charge is -2.25. The van der Waals surface area contributed by atoms with Gasteiger partial charge in [-0.25, -0.2) is 4.79 Å². The number of alkyl carbamates (subject to hydrolysis) is 1. The van der Waals surface area contributed by atoms with Crippen molar-refractivity contribution in [1.82, 2.24) is 21.3 Å². The minimum absolute atomic E-state index is 0.0316. The molecule has 0 heterocycles. The van der Waals surface area contributed by atoms with Crippen LogP contribution in [-0.2, 0) is 25.7 Å². The van der Waals surface area contributed by atoms with Gasteiger partial charge >= 0.3 is 6.09 Å². The summed E-state index contributed by atoms with van der Waals surface area (Å²) in [6.45, 7) is 6.09. The summed E-state index contributed by atoms with van der Waals surface area (Å²) in [5, 5.41) is 11.0. The molecule has 44 heavy (non-hydrogen) atoms. The van der Waals surface area contributed by atoms with Crippen LogP contribution in [0.2, 0.25) is 0 Å². The molecule has 0 aliphatic carbocycles. The average molecular weight is 608 g/mol. The zero-order valence-electron chi connectivity index (χ0n) is 25.6. The number of amides is 4. The molecule has 12 heteroatoms. The van der Waals surface area contributed by atoms with Crippen molar-refractivity contribution in [3.63, 3.8) is 0 Å². The molecular formula is C32H45N7O5. The van der Waals surface area contributed by atoms with Gasteiger partial charge in [-0.2, -0.15) is 0 Å². The summed E-state index contributed by atoms with van der Waals surface area (Å²) in [4.78, 5) is 55.3. The molecule has 8 N–H and O–H groups in total. The summed E-state index contributed by atoms with van der Waals surface area (Å²) < 4.78 is 5.30. The molecule has 0 saturated carbocycles. The van der Waals surface area contributed by atoms with Crippen LogP contribution in [0.15, 0.2) is 71.7 Å². The summed E-state index contributed by atoms with van der Waals surface area (Å²) >= 11 is 0. The third-order valence-corrected chi connectivity index (χ3v) is 6.30. The van der Waals surface area contributed by atoms with E-state index in [0.717, 1.165) is 11.1 Å². The van der Waals surface area contributed by atoms with Crippen molar-refractivity contribution in [2.45, 2.75) is 64.8 Å². The molecule has 4 amide bonds. The van der Waals surface area contributed by atoms with Gasteiger partial charge in [0.05, 0.1) is 0 Å². The molecule has 238 valence electrons. The molecule has 2 aromatic rings. The third-order valence-electron chi connectivity index (χ3n) is 6.30. The van der Waals surface area contributed by atoms with Crippen LogP contribution in [0.4, 0.5) is 4.79 Å². The van der Waals surface area contributed by atoms with E-state index in [9.17, 15) is 19.2 Å². The monoisotopic (exact) mass is 607 g/mol. The summed E-state index contributed by atoms with van der Waals surface area (Å²) in [7, 11) is 0. The van der Waals surface area contributed by atoms with Crippen LogP contribution < -0.4 is 32.7 Å². The van der Waals surface area contributed by atoms with Crippen molar-refractivity contribution in [3.05, 3.63) is 77.9 Å². The Kier molecular flexibility index (Phi) is 15.5. The van der Waals surface area contributed by atoms with Crippen LogP contribution in [-0.4, -0.2) is 61.0 Å². The highest BCUT2D eigenvalue weighted by atomic mass is 16.5. The van der Waals surface area contributed by atoms with E-state index < -0.39 is 36.0 Å². The highest BCUT2D eigenvalue weighted by molar-refractivity contribution is 5.92. The molecule has 2 rings (SSSR count). The number of hydrogen-bond acceptors (Lipinski definition) is 6. The topological polar surface area (TPSA) is 190 Å². The highest BCUT2D eigenvalue weighted by Gasteiger charge is 2.28.